The van der Waals surface area contributed by atoms with Crippen molar-refractivity contribution < 1.29 is 16.8 Å². The van der Waals surface area contributed by atoms with Crippen LogP contribution < -0.4 is 9.44 Å². The van der Waals surface area contributed by atoms with Crippen LogP contribution in [0.15, 0.2) is 58.3 Å². The molecule has 0 bridgehead atoms. The highest BCUT2D eigenvalue weighted by Gasteiger charge is 2.15. The Morgan fingerprint density at radius 1 is 0.808 bits per heavy atom. The Balaban J connectivity index is 1.97. The highest BCUT2D eigenvalue weighted by Crippen LogP contribution is 2.13. The van der Waals surface area contributed by atoms with E-state index in [-0.39, 0.29) is 22.4 Å². The van der Waals surface area contributed by atoms with E-state index >= 15 is 0 Å². The summed E-state index contributed by atoms with van der Waals surface area (Å²) in [5.41, 5.74) is 1.84. The van der Waals surface area contributed by atoms with E-state index in [4.69, 9.17) is 0 Å². The molecule has 2 aromatic carbocycles. The summed E-state index contributed by atoms with van der Waals surface area (Å²) in [4.78, 5) is 0.416. The molecule has 0 aliphatic carbocycles. The van der Waals surface area contributed by atoms with Gasteiger partial charge in [0, 0.05) is 12.6 Å². The molecule has 0 atom stereocenters. The topological polar surface area (TPSA) is 92.3 Å². The molecule has 8 heteroatoms. The van der Waals surface area contributed by atoms with Crippen LogP contribution in [0, 0.1) is 6.92 Å². The van der Waals surface area contributed by atoms with Gasteiger partial charge in [0.1, 0.15) is 0 Å². The zero-order valence-electron chi connectivity index (χ0n) is 15.1. The minimum atomic E-state index is -3.55. The number of hydrogen-bond donors (Lipinski definition) is 2. The Kier molecular flexibility index (Phi) is 6.57. The smallest absolute Gasteiger partial charge is 0.211 e. The lowest BCUT2D eigenvalue weighted by Gasteiger charge is -2.10. The Hall–Kier alpha value is -1.74. The van der Waals surface area contributed by atoms with Crippen molar-refractivity contribution in [3.63, 3.8) is 0 Å². The van der Waals surface area contributed by atoms with Crippen molar-refractivity contribution in [3.05, 3.63) is 59.7 Å². The van der Waals surface area contributed by atoms with Crippen LogP contribution in [0.2, 0.25) is 0 Å². The van der Waals surface area contributed by atoms with Crippen LogP contribution in [0.3, 0.4) is 0 Å². The molecule has 0 spiro atoms. The first-order chi connectivity index (χ1) is 12.1. The predicted molar refractivity (Wildman–Crippen MR) is 102 cm³/mol. The van der Waals surface area contributed by atoms with Gasteiger partial charge in [-0.1, -0.05) is 29.8 Å². The van der Waals surface area contributed by atoms with E-state index in [9.17, 15) is 16.8 Å². The third kappa shape index (κ3) is 5.63. The van der Waals surface area contributed by atoms with Crippen molar-refractivity contribution in [2.45, 2.75) is 43.0 Å². The van der Waals surface area contributed by atoms with Gasteiger partial charge >= 0.3 is 0 Å². The van der Waals surface area contributed by atoms with E-state index in [1.54, 1.807) is 50.2 Å². The summed E-state index contributed by atoms with van der Waals surface area (Å²) in [6.45, 7) is 5.63. The molecule has 6 nitrogen and oxygen atoms in total. The second kappa shape index (κ2) is 8.30. The fraction of sp³-hybridized carbons (Fsp3) is 0.333. The molecule has 26 heavy (non-hydrogen) atoms. The molecule has 142 valence electrons. The summed E-state index contributed by atoms with van der Waals surface area (Å²) < 4.78 is 53.7. The fourth-order valence-corrected chi connectivity index (χ4v) is 4.63. The van der Waals surface area contributed by atoms with E-state index in [1.807, 2.05) is 6.92 Å². The molecule has 0 unspecified atom stereocenters. The molecule has 0 saturated carbocycles. The number of benzene rings is 2. The fourth-order valence-electron chi connectivity index (χ4n) is 2.34. The van der Waals surface area contributed by atoms with Crippen molar-refractivity contribution in [1.29, 1.82) is 0 Å². The largest absolute Gasteiger partial charge is 0.240 e. The van der Waals surface area contributed by atoms with Gasteiger partial charge in [-0.2, -0.15) is 0 Å². The lowest BCUT2D eigenvalue weighted by Crippen LogP contribution is -2.30. The molecule has 0 aromatic heterocycles. The van der Waals surface area contributed by atoms with E-state index in [2.05, 4.69) is 9.44 Å². The number of hydrogen-bond acceptors (Lipinski definition) is 4. The third-order valence-electron chi connectivity index (χ3n) is 3.66. The maximum absolute atomic E-state index is 12.2. The SMILES string of the molecule is Cc1ccc(S(=O)(=O)NCCc2ccc(S(=O)(=O)NC(C)C)cc2)cc1. The van der Waals surface area contributed by atoms with Crippen LogP contribution >= 0.6 is 0 Å². The molecule has 2 rings (SSSR count). The molecule has 0 fully saturated rings. The first-order valence-electron chi connectivity index (χ1n) is 8.28. The number of nitrogens with one attached hydrogen (secondary N) is 2. The van der Waals surface area contributed by atoms with Crippen LogP contribution in [-0.2, 0) is 26.5 Å². The number of sulfonamides is 2. The van der Waals surface area contributed by atoms with Crippen molar-refractivity contribution in [3.8, 4) is 0 Å². The second-order valence-corrected chi connectivity index (χ2v) is 9.86. The molecule has 2 aromatic rings. The Morgan fingerprint density at radius 3 is 1.85 bits per heavy atom. The Morgan fingerprint density at radius 2 is 1.31 bits per heavy atom. The van der Waals surface area contributed by atoms with Crippen LogP contribution in [0.5, 0.6) is 0 Å². The van der Waals surface area contributed by atoms with Gasteiger partial charge in [-0.05, 0) is 57.0 Å². The summed E-state index contributed by atoms with van der Waals surface area (Å²) in [6.07, 6.45) is 0.461. The molecule has 0 aliphatic heterocycles. The average Bonchev–Trinajstić information content (AvgIpc) is 2.54. The molecule has 2 N–H and O–H groups in total. The lowest BCUT2D eigenvalue weighted by molar-refractivity contribution is 0.569. The zero-order valence-corrected chi connectivity index (χ0v) is 16.7. The van der Waals surface area contributed by atoms with Crippen molar-refractivity contribution in [2.75, 3.05) is 6.54 Å². The van der Waals surface area contributed by atoms with Crippen LogP contribution in [0.25, 0.3) is 0 Å². The number of aryl methyl sites for hydroxylation is 1. The first kappa shape index (κ1) is 20.6. The van der Waals surface area contributed by atoms with Gasteiger partial charge in [-0.3, -0.25) is 0 Å². The Bertz CT molecular complexity index is 934. The van der Waals surface area contributed by atoms with Gasteiger partial charge in [0.05, 0.1) is 9.79 Å². The van der Waals surface area contributed by atoms with Crippen LogP contribution in [0.1, 0.15) is 25.0 Å². The minimum Gasteiger partial charge on any atom is -0.211 e. The minimum absolute atomic E-state index is 0.184. The normalized spacial score (nSPS) is 12.5. The third-order valence-corrected chi connectivity index (χ3v) is 6.81. The maximum Gasteiger partial charge on any atom is 0.240 e. The monoisotopic (exact) mass is 396 g/mol. The molecule has 0 amide bonds. The van der Waals surface area contributed by atoms with E-state index < -0.39 is 20.0 Å². The highest BCUT2D eigenvalue weighted by atomic mass is 32.2. The molecular weight excluding hydrogens is 372 g/mol. The Labute approximate surface area is 155 Å². The molecule has 0 heterocycles. The van der Waals surface area contributed by atoms with Crippen molar-refractivity contribution in [2.24, 2.45) is 0 Å². The van der Waals surface area contributed by atoms with Gasteiger partial charge in [-0.25, -0.2) is 26.3 Å². The van der Waals surface area contributed by atoms with E-state index in [1.165, 1.54) is 12.1 Å². The summed E-state index contributed by atoms with van der Waals surface area (Å²) >= 11 is 0. The van der Waals surface area contributed by atoms with Gasteiger partial charge in [0.15, 0.2) is 0 Å². The molecule has 0 saturated heterocycles. The van der Waals surface area contributed by atoms with Crippen molar-refractivity contribution in [1.82, 2.24) is 9.44 Å². The molecular formula is C18H24N2O4S2. The van der Waals surface area contributed by atoms with E-state index in [0.717, 1.165) is 11.1 Å². The highest BCUT2D eigenvalue weighted by molar-refractivity contribution is 7.89. The molecule has 0 aliphatic rings. The first-order valence-corrected chi connectivity index (χ1v) is 11.2. The lowest BCUT2D eigenvalue weighted by atomic mass is 10.2. The quantitative estimate of drug-likeness (QED) is 0.715. The van der Waals surface area contributed by atoms with Crippen LogP contribution in [0.4, 0.5) is 0 Å². The van der Waals surface area contributed by atoms with Gasteiger partial charge in [0.2, 0.25) is 20.0 Å². The summed E-state index contributed by atoms with van der Waals surface area (Å²) in [5.74, 6) is 0. The van der Waals surface area contributed by atoms with E-state index in [0.29, 0.717) is 6.42 Å². The van der Waals surface area contributed by atoms with Crippen LogP contribution in [-0.4, -0.2) is 29.4 Å². The van der Waals surface area contributed by atoms with Gasteiger partial charge < -0.3 is 0 Å². The standard InChI is InChI=1S/C18H24N2O4S2/c1-14(2)20-26(23,24)18-10-6-16(7-11-18)12-13-19-25(21,22)17-8-4-15(3)5-9-17/h4-11,14,19-20H,12-13H2,1-3H3. The average molecular weight is 397 g/mol. The number of rotatable bonds is 8. The summed E-state index contributed by atoms with van der Waals surface area (Å²) in [7, 11) is -7.07. The zero-order chi connectivity index (χ0) is 19.4. The second-order valence-electron chi connectivity index (χ2n) is 6.38. The summed E-state index contributed by atoms with van der Waals surface area (Å²) in [5, 5.41) is 0. The molecule has 0 radical (unpaired) electrons. The van der Waals surface area contributed by atoms with Gasteiger partial charge in [-0.15, -0.1) is 0 Å². The van der Waals surface area contributed by atoms with Crippen molar-refractivity contribution >= 4 is 20.0 Å². The summed E-state index contributed by atoms with van der Waals surface area (Å²) in [6, 6.07) is 12.9. The maximum atomic E-state index is 12.2. The predicted octanol–water partition coefficient (Wildman–Crippen LogP) is 2.20. The van der Waals surface area contributed by atoms with Gasteiger partial charge in [0.25, 0.3) is 0 Å².